The summed E-state index contributed by atoms with van der Waals surface area (Å²) in [5, 5.41) is 11.5. The number of hydrogen-bond acceptors (Lipinski definition) is 2. The van der Waals surface area contributed by atoms with Crippen LogP contribution in [0.5, 0.6) is 0 Å². The van der Waals surface area contributed by atoms with Crippen LogP contribution in [0.25, 0.3) is 0 Å². The summed E-state index contributed by atoms with van der Waals surface area (Å²) < 4.78 is 0. The molecule has 0 aliphatic carbocycles. The van der Waals surface area contributed by atoms with Gasteiger partial charge in [0.15, 0.2) is 5.11 Å². The number of nitrogens with one attached hydrogen (secondary N) is 3. The first-order valence-corrected chi connectivity index (χ1v) is 12.8. The highest BCUT2D eigenvalue weighted by atomic mass is 32.1. The van der Waals surface area contributed by atoms with Crippen molar-refractivity contribution in [2.24, 2.45) is 0 Å². The molecule has 0 spiro atoms. The third-order valence-electron chi connectivity index (χ3n) is 6.22. The minimum Gasteiger partial charge on any atom is -0.354 e. The van der Waals surface area contributed by atoms with Crippen LogP contribution in [0.15, 0.2) is 97.1 Å². The van der Waals surface area contributed by atoms with Gasteiger partial charge in [0, 0.05) is 12.2 Å². The van der Waals surface area contributed by atoms with E-state index in [0.29, 0.717) is 5.11 Å². The van der Waals surface area contributed by atoms with Crippen molar-refractivity contribution in [1.29, 1.82) is 0 Å². The minimum atomic E-state index is -0.0783. The van der Waals surface area contributed by atoms with Gasteiger partial charge in [0.25, 0.3) is 0 Å². The van der Waals surface area contributed by atoms with Gasteiger partial charge in [0.05, 0.1) is 12.1 Å². The quantitative estimate of drug-likeness (QED) is 0.222. The largest absolute Gasteiger partial charge is 0.354 e. The lowest BCUT2D eigenvalue weighted by atomic mass is 9.93. The molecule has 0 aromatic heterocycles. The van der Waals surface area contributed by atoms with Gasteiger partial charge in [0.2, 0.25) is 0 Å². The zero-order valence-electron chi connectivity index (χ0n) is 21.5. The number of benzene rings is 4. The molecular weight excluding hydrogens is 458 g/mol. The Morgan fingerprint density at radius 1 is 0.639 bits per heavy atom. The average molecular weight is 494 g/mol. The van der Waals surface area contributed by atoms with Crippen LogP contribution in [0.4, 0.5) is 5.69 Å². The van der Waals surface area contributed by atoms with E-state index in [0.717, 1.165) is 12.2 Å². The Morgan fingerprint density at radius 2 is 1.11 bits per heavy atom. The second kappa shape index (κ2) is 12.0. The van der Waals surface area contributed by atoms with Gasteiger partial charge in [-0.05, 0) is 79.9 Å². The van der Waals surface area contributed by atoms with E-state index in [-0.39, 0.29) is 12.1 Å². The normalized spacial score (nSPS) is 12.6. The lowest BCUT2D eigenvalue weighted by Crippen LogP contribution is -2.40. The van der Waals surface area contributed by atoms with Crippen LogP contribution in [0, 0.1) is 27.7 Å². The molecule has 4 rings (SSSR count). The van der Waals surface area contributed by atoms with E-state index < -0.39 is 0 Å². The highest BCUT2D eigenvalue weighted by Crippen LogP contribution is 2.30. The highest BCUT2D eigenvalue weighted by molar-refractivity contribution is 7.80. The molecule has 0 saturated carbocycles. The van der Waals surface area contributed by atoms with Gasteiger partial charge in [-0.25, -0.2) is 0 Å². The van der Waals surface area contributed by atoms with E-state index in [1.54, 1.807) is 0 Å². The summed E-state index contributed by atoms with van der Waals surface area (Å²) >= 11 is 5.83. The molecule has 0 bridgehead atoms. The van der Waals surface area contributed by atoms with Crippen molar-refractivity contribution in [3.8, 4) is 0 Å². The molecule has 0 radical (unpaired) electrons. The van der Waals surface area contributed by atoms with Crippen LogP contribution in [0.1, 0.15) is 51.0 Å². The number of rotatable bonds is 8. The molecule has 0 amide bonds. The average Bonchev–Trinajstić information content (AvgIpc) is 2.83. The van der Waals surface area contributed by atoms with Gasteiger partial charge in [-0.2, -0.15) is 0 Å². The molecule has 3 N–H and O–H groups in total. The van der Waals surface area contributed by atoms with Gasteiger partial charge in [0.1, 0.15) is 0 Å². The second-order valence-corrected chi connectivity index (χ2v) is 10.0. The fourth-order valence-electron chi connectivity index (χ4n) is 4.86. The molecule has 4 aromatic rings. The first-order chi connectivity index (χ1) is 17.4. The van der Waals surface area contributed by atoms with E-state index in [2.05, 4.69) is 135 Å². The molecule has 0 unspecified atom stereocenters. The Hall–Kier alpha value is -3.47. The maximum absolute atomic E-state index is 5.83. The van der Waals surface area contributed by atoms with Crippen molar-refractivity contribution in [2.75, 3.05) is 5.32 Å². The van der Waals surface area contributed by atoms with E-state index in [1.807, 2.05) is 6.07 Å². The van der Waals surface area contributed by atoms with Gasteiger partial charge >= 0.3 is 0 Å². The van der Waals surface area contributed by atoms with Crippen molar-refractivity contribution in [3.05, 3.63) is 136 Å². The number of anilines is 1. The van der Waals surface area contributed by atoms with E-state index >= 15 is 0 Å². The van der Waals surface area contributed by atoms with Crippen LogP contribution in [-0.4, -0.2) is 5.11 Å². The maximum atomic E-state index is 5.83. The van der Waals surface area contributed by atoms with E-state index in [9.17, 15) is 0 Å². The van der Waals surface area contributed by atoms with E-state index in [4.69, 9.17) is 12.2 Å². The topological polar surface area (TPSA) is 36.1 Å². The number of thiocarbonyl (C=S) groups is 1. The third kappa shape index (κ3) is 7.03. The van der Waals surface area contributed by atoms with Crippen LogP contribution >= 0.6 is 12.2 Å². The van der Waals surface area contributed by atoms with Crippen molar-refractivity contribution in [1.82, 2.24) is 10.6 Å². The Bertz CT molecular complexity index is 1260. The summed E-state index contributed by atoms with van der Waals surface area (Å²) in [5.41, 5.74) is 9.61. The molecular formula is C32H35N3S. The van der Waals surface area contributed by atoms with Crippen LogP contribution in [-0.2, 0) is 6.54 Å². The fourth-order valence-corrected chi connectivity index (χ4v) is 5.11. The molecule has 0 heterocycles. The predicted octanol–water partition coefficient (Wildman–Crippen LogP) is 7.48. The molecule has 0 saturated heterocycles. The van der Waals surface area contributed by atoms with Crippen molar-refractivity contribution >= 4 is 23.0 Å². The van der Waals surface area contributed by atoms with Crippen molar-refractivity contribution in [2.45, 2.75) is 46.3 Å². The monoisotopic (exact) mass is 493 g/mol. The van der Waals surface area contributed by atoms with Crippen molar-refractivity contribution in [3.63, 3.8) is 0 Å². The maximum Gasteiger partial charge on any atom is 0.171 e. The summed E-state index contributed by atoms with van der Waals surface area (Å²) in [4.78, 5) is 0. The summed E-state index contributed by atoms with van der Waals surface area (Å²) in [5.74, 6) is 0. The Morgan fingerprint density at radius 3 is 1.64 bits per heavy atom. The smallest absolute Gasteiger partial charge is 0.171 e. The molecule has 3 nitrogen and oxygen atoms in total. The summed E-state index contributed by atoms with van der Waals surface area (Å²) in [7, 11) is 0. The molecule has 184 valence electrons. The SMILES string of the molecule is Cc1cc(C)cc(CN[C@H](c2ccccc2)[C@H](NC(=S)Nc2cc(C)cc(C)c2)c2ccccc2)c1. The van der Waals surface area contributed by atoms with Crippen LogP contribution in [0.2, 0.25) is 0 Å². The molecule has 0 aliphatic rings. The van der Waals surface area contributed by atoms with Gasteiger partial charge < -0.3 is 16.0 Å². The zero-order valence-corrected chi connectivity index (χ0v) is 22.3. The first-order valence-electron chi connectivity index (χ1n) is 12.4. The Kier molecular flexibility index (Phi) is 8.52. The first kappa shape index (κ1) is 25.6. The van der Waals surface area contributed by atoms with Gasteiger partial charge in [-0.15, -0.1) is 0 Å². The standard InChI is InChI=1S/C32H35N3S/c1-22-15-23(2)18-26(17-22)21-33-30(27-11-7-5-8-12-27)31(28-13-9-6-10-14-28)35-32(36)34-29-19-24(3)16-25(4)20-29/h5-20,30-31,33H,21H2,1-4H3,(H2,34,35,36)/t30-,31-/m1/s1. The van der Waals surface area contributed by atoms with E-state index in [1.165, 1.54) is 38.9 Å². The van der Waals surface area contributed by atoms with Crippen LogP contribution < -0.4 is 16.0 Å². The molecule has 2 atom stereocenters. The molecule has 36 heavy (non-hydrogen) atoms. The number of hydrogen-bond donors (Lipinski definition) is 3. The summed E-state index contributed by atoms with van der Waals surface area (Å²) in [6.07, 6.45) is 0. The summed E-state index contributed by atoms with van der Waals surface area (Å²) in [6.45, 7) is 9.26. The van der Waals surface area contributed by atoms with Gasteiger partial charge in [-0.3, -0.25) is 0 Å². The Balaban J connectivity index is 1.64. The lowest BCUT2D eigenvalue weighted by molar-refractivity contribution is 0.425. The fraction of sp³-hybridized carbons (Fsp3) is 0.219. The minimum absolute atomic E-state index is 0.00610. The molecule has 4 aromatic carbocycles. The molecule has 0 aliphatic heterocycles. The molecule has 4 heteroatoms. The third-order valence-corrected chi connectivity index (χ3v) is 6.44. The molecule has 0 fully saturated rings. The zero-order chi connectivity index (χ0) is 25.5. The summed E-state index contributed by atoms with van der Waals surface area (Å²) in [6, 6.07) is 34.1. The Labute approximate surface area is 221 Å². The predicted molar refractivity (Wildman–Crippen MR) is 156 cm³/mol. The van der Waals surface area contributed by atoms with Gasteiger partial charge in [-0.1, -0.05) is 96.1 Å². The second-order valence-electron chi connectivity index (χ2n) is 9.63. The number of aryl methyl sites for hydroxylation is 4. The lowest BCUT2D eigenvalue weighted by Gasteiger charge is -2.31. The highest BCUT2D eigenvalue weighted by Gasteiger charge is 2.25. The van der Waals surface area contributed by atoms with Crippen molar-refractivity contribution < 1.29 is 0 Å². The van der Waals surface area contributed by atoms with Crippen LogP contribution in [0.3, 0.4) is 0 Å².